The van der Waals surface area contributed by atoms with Crippen molar-refractivity contribution in [3.63, 3.8) is 0 Å². The van der Waals surface area contributed by atoms with Crippen LogP contribution >= 0.6 is 11.6 Å². The molecule has 32 heavy (non-hydrogen) atoms. The molecule has 0 spiro atoms. The maximum absolute atomic E-state index is 13.5. The van der Waals surface area contributed by atoms with Crippen LogP contribution in [0.3, 0.4) is 0 Å². The Morgan fingerprint density at radius 1 is 1.03 bits per heavy atom. The number of aliphatic hydroxyl groups is 1. The van der Waals surface area contributed by atoms with Crippen molar-refractivity contribution in [3.8, 4) is 6.07 Å². The van der Waals surface area contributed by atoms with Gasteiger partial charge in [0.25, 0.3) is 0 Å². The third-order valence-corrected chi connectivity index (χ3v) is 6.01. The van der Waals surface area contributed by atoms with E-state index in [1.54, 1.807) is 32.0 Å². The molecule has 0 amide bonds. The second kappa shape index (κ2) is 10.3. The molecule has 3 aromatic carbocycles. The fourth-order valence-electron chi connectivity index (χ4n) is 4.04. The molecule has 1 unspecified atom stereocenters. The minimum absolute atomic E-state index is 0.0229. The molecule has 0 saturated carbocycles. The fourth-order valence-corrected chi connectivity index (χ4v) is 4.16. The minimum atomic E-state index is -1.08. The number of nitrogens with one attached hydrogen (secondary N) is 1. The van der Waals surface area contributed by atoms with E-state index in [-0.39, 0.29) is 17.8 Å². The quantitative estimate of drug-likeness (QED) is 0.431. The summed E-state index contributed by atoms with van der Waals surface area (Å²) >= 11 is 6.06. The summed E-state index contributed by atoms with van der Waals surface area (Å²) < 4.78 is 13.5. The summed E-state index contributed by atoms with van der Waals surface area (Å²) in [5.74, 6) is -0.292. The van der Waals surface area contributed by atoms with E-state index in [0.717, 1.165) is 23.1 Å². The summed E-state index contributed by atoms with van der Waals surface area (Å²) in [7, 11) is 0. The van der Waals surface area contributed by atoms with Gasteiger partial charge in [-0.05, 0) is 80.3 Å². The molecule has 0 aliphatic carbocycles. The first-order chi connectivity index (χ1) is 15.2. The van der Waals surface area contributed by atoms with Crippen molar-refractivity contribution in [2.75, 3.05) is 0 Å². The topological polar surface area (TPSA) is 56.0 Å². The zero-order valence-electron chi connectivity index (χ0n) is 18.5. The van der Waals surface area contributed by atoms with Crippen LogP contribution in [0, 0.1) is 17.1 Å². The first-order valence-corrected chi connectivity index (χ1v) is 11.0. The van der Waals surface area contributed by atoms with Crippen LogP contribution in [-0.4, -0.2) is 16.7 Å². The number of benzene rings is 3. The third kappa shape index (κ3) is 6.17. The Bertz CT molecular complexity index is 1070. The van der Waals surface area contributed by atoms with E-state index in [4.69, 9.17) is 11.6 Å². The molecule has 0 saturated heterocycles. The zero-order chi connectivity index (χ0) is 23.3. The highest BCUT2D eigenvalue weighted by atomic mass is 35.5. The Morgan fingerprint density at radius 3 is 2.28 bits per heavy atom. The number of hydrogen-bond donors (Lipinski definition) is 2. The van der Waals surface area contributed by atoms with Crippen LogP contribution in [-0.2, 0) is 6.42 Å². The van der Waals surface area contributed by atoms with E-state index in [1.807, 2.05) is 42.5 Å². The second-order valence-corrected chi connectivity index (χ2v) is 9.20. The lowest BCUT2D eigenvalue weighted by Crippen LogP contribution is -2.45. The Balaban J connectivity index is 1.95. The Hall–Kier alpha value is -2.71. The lowest BCUT2D eigenvalue weighted by atomic mass is 9.83. The van der Waals surface area contributed by atoms with E-state index in [1.165, 1.54) is 12.1 Å². The van der Waals surface area contributed by atoms with Crippen LogP contribution in [0.1, 0.15) is 55.0 Å². The summed E-state index contributed by atoms with van der Waals surface area (Å²) in [6, 6.07) is 23.3. The van der Waals surface area contributed by atoms with Gasteiger partial charge >= 0.3 is 0 Å². The van der Waals surface area contributed by atoms with Gasteiger partial charge in [-0.25, -0.2) is 4.39 Å². The lowest BCUT2D eigenvalue weighted by molar-refractivity contribution is 0.0316. The Labute approximate surface area is 194 Å². The smallest absolute Gasteiger partial charge is 0.123 e. The van der Waals surface area contributed by atoms with E-state index < -0.39 is 11.6 Å². The summed E-state index contributed by atoms with van der Waals surface area (Å²) in [6.07, 6.45) is 0.724. The lowest BCUT2D eigenvalue weighted by Gasteiger charge is -2.36. The highest BCUT2D eigenvalue weighted by Gasteiger charge is 2.32. The van der Waals surface area contributed by atoms with E-state index >= 15 is 0 Å². The van der Waals surface area contributed by atoms with Gasteiger partial charge in [-0.1, -0.05) is 48.0 Å². The molecule has 0 heterocycles. The van der Waals surface area contributed by atoms with Crippen LogP contribution < -0.4 is 5.32 Å². The van der Waals surface area contributed by atoms with Crippen LogP contribution in [0.5, 0.6) is 0 Å². The zero-order valence-corrected chi connectivity index (χ0v) is 19.3. The second-order valence-electron chi connectivity index (χ2n) is 8.77. The van der Waals surface area contributed by atoms with E-state index in [2.05, 4.69) is 18.3 Å². The van der Waals surface area contributed by atoms with E-state index in [0.29, 0.717) is 10.6 Å². The normalized spacial score (nSPS) is 14.4. The van der Waals surface area contributed by atoms with Crippen molar-refractivity contribution in [1.82, 2.24) is 5.32 Å². The number of nitrogens with zero attached hydrogens (tertiary/aromatic N) is 1. The first kappa shape index (κ1) is 23.9. The summed E-state index contributed by atoms with van der Waals surface area (Å²) in [5, 5.41) is 24.5. The van der Waals surface area contributed by atoms with Crippen LogP contribution in [0.4, 0.5) is 4.39 Å². The molecule has 0 fully saturated rings. The number of nitriles is 1. The Kier molecular flexibility index (Phi) is 7.69. The fraction of sp³-hybridized carbons (Fsp3) is 0.296. The molecule has 0 radical (unpaired) electrons. The number of halogens is 2. The summed E-state index contributed by atoms with van der Waals surface area (Å²) in [4.78, 5) is 0. The Morgan fingerprint density at radius 2 is 1.69 bits per heavy atom. The molecule has 3 nitrogen and oxygen atoms in total. The maximum atomic E-state index is 13.5. The van der Waals surface area contributed by atoms with Gasteiger partial charge in [-0.2, -0.15) is 5.26 Å². The molecule has 0 aliphatic heterocycles. The average Bonchev–Trinajstić information content (AvgIpc) is 2.77. The summed E-state index contributed by atoms with van der Waals surface area (Å²) in [6.45, 7) is 5.55. The van der Waals surface area contributed by atoms with Crippen molar-refractivity contribution in [2.45, 2.75) is 50.8 Å². The first-order valence-electron chi connectivity index (χ1n) is 10.7. The van der Waals surface area contributed by atoms with Gasteiger partial charge in [0.05, 0.1) is 23.3 Å². The predicted molar refractivity (Wildman–Crippen MR) is 127 cm³/mol. The average molecular weight is 451 g/mol. The number of hydrogen-bond acceptors (Lipinski definition) is 3. The highest BCUT2D eigenvalue weighted by Crippen LogP contribution is 2.31. The van der Waals surface area contributed by atoms with Gasteiger partial charge in [-0.15, -0.1) is 0 Å². The summed E-state index contributed by atoms with van der Waals surface area (Å²) in [5.41, 5.74) is 2.49. The molecule has 0 bridgehead atoms. The predicted octanol–water partition coefficient (Wildman–Crippen LogP) is 6.17. The minimum Gasteiger partial charge on any atom is -0.388 e. The van der Waals surface area contributed by atoms with Crippen molar-refractivity contribution in [2.24, 2.45) is 0 Å². The molecule has 3 rings (SSSR count). The van der Waals surface area contributed by atoms with Gasteiger partial charge in [-0.3, -0.25) is 0 Å². The van der Waals surface area contributed by atoms with Crippen molar-refractivity contribution >= 4 is 11.6 Å². The van der Waals surface area contributed by atoms with Crippen molar-refractivity contribution in [1.29, 1.82) is 5.26 Å². The van der Waals surface area contributed by atoms with E-state index in [9.17, 15) is 14.8 Å². The molecule has 166 valence electrons. The van der Waals surface area contributed by atoms with Crippen LogP contribution in [0.15, 0.2) is 72.8 Å². The number of rotatable bonds is 8. The van der Waals surface area contributed by atoms with Crippen molar-refractivity contribution < 1.29 is 9.50 Å². The van der Waals surface area contributed by atoms with Gasteiger partial charge in [0.15, 0.2) is 0 Å². The van der Waals surface area contributed by atoms with Gasteiger partial charge in [0.1, 0.15) is 5.82 Å². The van der Waals surface area contributed by atoms with Gasteiger partial charge < -0.3 is 10.4 Å². The van der Waals surface area contributed by atoms with Gasteiger partial charge in [0, 0.05) is 17.0 Å². The molecule has 0 aromatic heterocycles. The maximum Gasteiger partial charge on any atom is 0.123 e. The molecule has 2 N–H and O–H groups in total. The molecule has 3 atom stereocenters. The van der Waals surface area contributed by atoms with Gasteiger partial charge in [0.2, 0.25) is 0 Å². The molecular formula is C27H28ClFN2O. The van der Waals surface area contributed by atoms with Crippen molar-refractivity contribution in [3.05, 3.63) is 106 Å². The monoisotopic (exact) mass is 450 g/mol. The largest absolute Gasteiger partial charge is 0.388 e. The van der Waals surface area contributed by atoms with Crippen LogP contribution in [0.2, 0.25) is 5.02 Å². The molecule has 0 aliphatic rings. The van der Waals surface area contributed by atoms with Crippen LogP contribution in [0.25, 0.3) is 0 Å². The third-order valence-electron chi connectivity index (χ3n) is 5.76. The molecule has 5 heteroatoms. The standard InChI is InChI=1S/C27H28ClFN2O/c1-18(31-26(27(2,3)32)21-9-13-24(29)14-10-21)25(16-19-7-11-23(28)12-8-19)22-6-4-5-20(15-22)17-30/h4-15,18,25-26,31-32H,16H2,1-3H3/t18-,25+,26?/m0/s1. The highest BCUT2D eigenvalue weighted by molar-refractivity contribution is 6.30. The molecular weight excluding hydrogens is 423 g/mol. The SMILES string of the molecule is C[C@H](NC(c1ccc(F)cc1)C(C)(C)O)[C@@H](Cc1ccc(Cl)cc1)c1cccc(C#N)c1. The molecule has 3 aromatic rings.